The van der Waals surface area contributed by atoms with Gasteiger partial charge in [-0.3, -0.25) is 0 Å². The van der Waals surface area contributed by atoms with Gasteiger partial charge in [0.2, 0.25) is 0 Å². The number of aryl methyl sites for hydroxylation is 1. The Bertz CT molecular complexity index is 391. The molecular formula is C15H25NO3. The van der Waals surface area contributed by atoms with Crippen LogP contribution in [0.25, 0.3) is 0 Å². The highest BCUT2D eigenvalue weighted by Gasteiger charge is 2.19. The average molecular weight is 267 g/mol. The molecule has 3 unspecified atom stereocenters. The average Bonchev–Trinajstić information content (AvgIpc) is 2.43. The van der Waals surface area contributed by atoms with E-state index in [0.717, 1.165) is 23.3 Å². The van der Waals surface area contributed by atoms with Gasteiger partial charge in [0.1, 0.15) is 5.75 Å². The minimum Gasteiger partial charge on any atom is -0.496 e. The molecule has 108 valence electrons. The highest BCUT2D eigenvalue weighted by Crippen LogP contribution is 2.24. The summed E-state index contributed by atoms with van der Waals surface area (Å²) in [5, 5.41) is 22.7. The SMILES string of the molecule is CCC(CO)NC(C)C(O)c1ccc(OC)c(C)c1. The van der Waals surface area contributed by atoms with Crippen LogP contribution in [0.3, 0.4) is 0 Å². The lowest BCUT2D eigenvalue weighted by molar-refractivity contribution is 0.118. The zero-order valence-electron chi connectivity index (χ0n) is 12.2. The van der Waals surface area contributed by atoms with Crippen LogP contribution in [0.1, 0.15) is 37.5 Å². The highest BCUT2D eigenvalue weighted by atomic mass is 16.5. The molecule has 0 radical (unpaired) electrons. The second-order valence-corrected chi connectivity index (χ2v) is 4.92. The van der Waals surface area contributed by atoms with Gasteiger partial charge in [-0.05, 0) is 43.5 Å². The molecule has 4 heteroatoms. The summed E-state index contributed by atoms with van der Waals surface area (Å²) in [6, 6.07) is 5.56. The van der Waals surface area contributed by atoms with Crippen LogP contribution in [0.4, 0.5) is 0 Å². The smallest absolute Gasteiger partial charge is 0.121 e. The summed E-state index contributed by atoms with van der Waals surface area (Å²) in [6.45, 7) is 5.96. The molecule has 0 saturated carbocycles. The van der Waals surface area contributed by atoms with Crippen LogP contribution < -0.4 is 10.1 Å². The Morgan fingerprint density at radius 1 is 1.37 bits per heavy atom. The number of nitrogens with one attached hydrogen (secondary N) is 1. The van der Waals surface area contributed by atoms with E-state index in [0.29, 0.717) is 0 Å². The molecule has 3 N–H and O–H groups in total. The van der Waals surface area contributed by atoms with Gasteiger partial charge >= 0.3 is 0 Å². The topological polar surface area (TPSA) is 61.7 Å². The van der Waals surface area contributed by atoms with E-state index in [9.17, 15) is 10.2 Å². The standard InChI is InChI=1S/C15H25NO3/c1-5-13(9-17)16-11(3)15(18)12-6-7-14(19-4)10(2)8-12/h6-8,11,13,15-18H,5,9H2,1-4H3. The predicted molar refractivity (Wildman–Crippen MR) is 76.5 cm³/mol. The Balaban J connectivity index is 2.76. The molecule has 0 heterocycles. The lowest BCUT2D eigenvalue weighted by atomic mass is 10.00. The van der Waals surface area contributed by atoms with Crippen LogP contribution in [0.15, 0.2) is 18.2 Å². The molecule has 0 spiro atoms. The number of rotatable bonds is 7. The zero-order chi connectivity index (χ0) is 14.4. The van der Waals surface area contributed by atoms with Crippen LogP contribution in [0.5, 0.6) is 5.75 Å². The van der Waals surface area contributed by atoms with E-state index in [2.05, 4.69) is 5.32 Å². The lowest BCUT2D eigenvalue weighted by Crippen LogP contribution is -2.41. The van der Waals surface area contributed by atoms with Crippen LogP contribution in [-0.2, 0) is 0 Å². The predicted octanol–water partition coefficient (Wildman–Crippen LogP) is 1.79. The van der Waals surface area contributed by atoms with E-state index in [1.807, 2.05) is 39.0 Å². The largest absolute Gasteiger partial charge is 0.496 e. The second-order valence-electron chi connectivity index (χ2n) is 4.92. The molecule has 0 aliphatic carbocycles. The van der Waals surface area contributed by atoms with Gasteiger partial charge in [0.15, 0.2) is 0 Å². The summed E-state index contributed by atoms with van der Waals surface area (Å²) < 4.78 is 5.21. The molecule has 1 aromatic carbocycles. The maximum Gasteiger partial charge on any atom is 0.121 e. The molecular weight excluding hydrogens is 242 g/mol. The van der Waals surface area contributed by atoms with Crippen LogP contribution >= 0.6 is 0 Å². The first kappa shape index (κ1) is 16.0. The lowest BCUT2D eigenvalue weighted by Gasteiger charge is -2.25. The quantitative estimate of drug-likeness (QED) is 0.705. The molecule has 0 amide bonds. The van der Waals surface area contributed by atoms with Gasteiger partial charge in [0.25, 0.3) is 0 Å². The molecule has 0 aromatic heterocycles. The van der Waals surface area contributed by atoms with E-state index < -0.39 is 6.10 Å². The molecule has 4 nitrogen and oxygen atoms in total. The van der Waals surface area contributed by atoms with Crippen molar-refractivity contribution in [2.24, 2.45) is 0 Å². The third-order valence-corrected chi connectivity index (χ3v) is 3.45. The van der Waals surface area contributed by atoms with E-state index in [1.54, 1.807) is 7.11 Å². The van der Waals surface area contributed by atoms with Crippen LogP contribution in [0, 0.1) is 6.92 Å². The minimum atomic E-state index is -0.606. The first-order valence-corrected chi connectivity index (χ1v) is 6.73. The van der Waals surface area contributed by atoms with Crippen LogP contribution in [-0.4, -0.2) is 36.0 Å². The minimum absolute atomic E-state index is 0.0176. The van der Waals surface area contributed by atoms with Gasteiger partial charge in [0, 0.05) is 12.1 Å². The number of hydrogen-bond acceptors (Lipinski definition) is 4. The third kappa shape index (κ3) is 4.20. The fourth-order valence-corrected chi connectivity index (χ4v) is 2.14. The van der Waals surface area contributed by atoms with Crippen molar-refractivity contribution in [3.8, 4) is 5.75 Å². The Morgan fingerprint density at radius 2 is 2.05 bits per heavy atom. The van der Waals surface area contributed by atoms with Gasteiger partial charge in [-0.2, -0.15) is 0 Å². The molecule has 19 heavy (non-hydrogen) atoms. The van der Waals surface area contributed by atoms with Crippen molar-refractivity contribution in [3.05, 3.63) is 29.3 Å². The van der Waals surface area contributed by atoms with Gasteiger partial charge < -0.3 is 20.3 Å². The summed E-state index contributed by atoms with van der Waals surface area (Å²) in [7, 11) is 1.63. The van der Waals surface area contributed by atoms with E-state index in [1.165, 1.54) is 0 Å². The normalized spacial score (nSPS) is 15.9. The summed E-state index contributed by atoms with van der Waals surface area (Å²) in [4.78, 5) is 0. The second kappa shape index (κ2) is 7.48. The molecule has 3 atom stereocenters. The Labute approximate surface area is 115 Å². The number of methoxy groups -OCH3 is 1. The highest BCUT2D eigenvalue weighted by molar-refractivity contribution is 5.37. The van der Waals surface area contributed by atoms with Gasteiger partial charge in [-0.25, -0.2) is 0 Å². The summed E-state index contributed by atoms with van der Waals surface area (Å²) in [5.74, 6) is 0.818. The molecule has 0 aliphatic rings. The number of ether oxygens (including phenoxy) is 1. The fourth-order valence-electron chi connectivity index (χ4n) is 2.14. The molecule has 1 aromatic rings. The fraction of sp³-hybridized carbons (Fsp3) is 0.600. The summed E-state index contributed by atoms with van der Waals surface area (Å²) in [6.07, 6.45) is 0.222. The Hall–Kier alpha value is -1.10. The first-order valence-electron chi connectivity index (χ1n) is 6.73. The van der Waals surface area contributed by atoms with Crippen molar-refractivity contribution < 1.29 is 14.9 Å². The third-order valence-electron chi connectivity index (χ3n) is 3.45. The van der Waals surface area contributed by atoms with Gasteiger partial charge in [-0.1, -0.05) is 13.0 Å². The monoisotopic (exact) mass is 267 g/mol. The van der Waals surface area contributed by atoms with Crippen molar-refractivity contribution >= 4 is 0 Å². The molecule has 0 aliphatic heterocycles. The molecule has 0 bridgehead atoms. The van der Waals surface area contributed by atoms with E-state index >= 15 is 0 Å². The van der Waals surface area contributed by atoms with Crippen molar-refractivity contribution in [3.63, 3.8) is 0 Å². The number of benzene rings is 1. The van der Waals surface area contributed by atoms with Crippen molar-refractivity contribution in [1.29, 1.82) is 0 Å². The Kier molecular flexibility index (Phi) is 6.28. The number of aliphatic hydroxyl groups is 2. The van der Waals surface area contributed by atoms with Crippen LogP contribution in [0.2, 0.25) is 0 Å². The van der Waals surface area contributed by atoms with E-state index in [4.69, 9.17) is 4.74 Å². The van der Waals surface area contributed by atoms with Gasteiger partial charge in [-0.15, -0.1) is 0 Å². The summed E-state index contributed by atoms with van der Waals surface area (Å²) >= 11 is 0. The van der Waals surface area contributed by atoms with Crippen molar-refractivity contribution in [2.45, 2.75) is 45.4 Å². The zero-order valence-corrected chi connectivity index (χ0v) is 12.2. The molecule has 0 fully saturated rings. The van der Waals surface area contributed by atoms with Crippen molar-refractivity contribution in [1.82, 2.24) is 5.32 Å². The molecule has 0 saturated heterocycles. The maximum atomic E-state index is 10.3. The summed E-state index contributed by atoms with van der Waals surface area (Å²) in [5.41, 5.74) is 1.85. The molecule has 1 rings (SSSR count). The number of hydrogen-bond donors (Lipinski definition) is 3. The Morgan fingerprint density at radius 3 is 2.53 bits per heavy atom. The maximum absolute atomic E-state index is 10.3. The van der Waals surface area contributed by atoms with Gasteiger partial charge in [0.05, 0.1) is 19.8 Å². The number of aliphatic hydroxyl groups excluding tert-OH is 2. The van der Waals surface area contributed by atoms with E-state index in [-0.39, 0.29) is 18.7 Å². The van der Waals surface area contributed by atoms with Crippen molar-refractivity contribution in [2.75, 3.05) is 13.7 Å². The first-order chi connectivity index (χ1) is 9.03.